The number of aliphatic hydroxyl groups is 1. The van der Waals surface area contributed by atoms with E-state index < -0.39 is 28.9 Å². The van der Waals surface area contributed by atoms with Crippen LogP contribution in [0.15, 0.2) is 35.4 Å². The van der Waals surface area contributed by atoms with Gasteiger partial charge in [0.15, 0.2) is 5.78 Å². The molecule has 0 heterocycles. The number of hydrogen-bond donors (Lipinski definition) is 3. The van der Waals surface area contributed by atoms with E-state index in [1.165, 1.54) is 5.57 Å². The number of esters is 1. The van der Waals surface area contributed by atoms with E-state index >= 15 is 0 Å². The fourth-order valence-corrected chi connectivity index (χ4v) is 13.7. The number of nitrogens with one attached hydrogen (secondary N) is 1. The molecule has 5 aliphatic carbocycles. The highest BCUT2D eigenvalue weighted by atomic mass is 35.5. The fraction of sp³-hybridized carbons (Fsp3) is 0.756. The number of ketones is 1. The second kappa shape index (κ2) is 13.5. The number of fused-ring (bicyclic) bond motifs is 7. The average Bonchev–Trinajstić information content (AvgIpc) is 3.38. The zero-order valence-corrected chi connectivity index (χ0v) is 34.8. The predicted molar refractivity (Wildman–Crippen MR) is 209 cm³/mol. The van der Waals surface area contributed by atoms with Crippen LogP contribution < -0.4 is 5.32 Å². The summed E-state index contributed by atoms with van der Waals surface area (Å²) in [5, 5.41) is 26.1. The minimum Gasteiger partial charge on any atom is -0.481 e. The molecule has 1 aromatic rings. The number of aliphatic carboxylic acids is 1. The number of hydrogen-bond acceptors (Lipinski definition) is 6. The van der Waals surface area contributed by atoms with Gasteiger partial charge in [-0.15, -0.1) is 0 Å². The van der Waals surface area contributed by atoms with Crippen LogP contribution in [0.1, 0.15) is 139 Å². The Bertz CT molecular complexity index is 1660. The SMILES string of the molecule is CC(C)C1=C2[C@@]([C@@H](O)CNCc3ccc(Cl)cc3)(CC[C@]3(C)[C@]2(C)CC[C@@H]2[C@@]4(C)CC[C@H](OC(=O)CC(C)(C)C(=O)O)C(C)(C)[C@@H]4CC[C@]23C)CC1=O. The van der Waals surface area contributed by atoms with Gasteiger partial charge in [0.05, 0.1) is 17.9 Å². The van der Waals surface area contributed by atoms with Crippen molar-refractivity contribution in [3.63, 3.8) is 0 Å². The van der Waals surface area contributed by atoms with Crippen LogP contribution in [0.3, 0.4) is 0 Å². The molecule has 4 saturated carbocycles. The Labute approximate surface area is 323 Å². The van der Waals surface area contributed by atoms with Gasteiger partial charge in [-0.3, -0.25) is 14.4 Å². The van der Waals surface area contributed by atoms with Crippen LogP contribution in [0, 0.1) is 55.7 Å². The summed E-state index contributed by atoms with van der Waals surface area (Å²) < 4.78 is 6.18. The van der Waals surface area contributed by atoms with Crippen molar-refractivity contribution >= 4 is 29.3 Å². The lowest BCUT2D eigenvalue weighted by Gasteiger charge is -2.75. The predicted octanol–water partition coefficient (Wildman–Crippen LogP) is 9.57. The fourth-order valence-electron chi connectivity index (χ4n) is 13.6. The van der Waals surface area contributed by atoms with Gasteiger partial charge in [-0.2, -0.15) is 0 Å². The maximum absolute atomic E-state index is 14.2. The third-order valence-corrected chi connectivity index (χ3v) is 17.1. The molecule has 0 spiro atoms. The van der Waals surface area contributed by atoms with E-state index in [-0.39, 0.29) is 51.3 Å². The molecule has 8 heteroatoms. The van der Waals surface area contributed by atoms with Crippen LogP contribution in [-0.2, 0) is 25.7 Å². The van der Waals surface area contributed by atoms with E-state index in [1.807, 2.05) is 24.3 Å². The van der Waals surface area contributed by atoms with Crippen molar-refractivity contribution in [2.24, 2.45) is 55.7 Å². The van der Waals surface area contributed by atoms with Crippen molar-refractivity contribution in [2.45, 2.75) is 152 Å². The number of carbonyl (C=O) groups excluding carboxylic acids is 2. The van der Waals surface area contributed by atoms with Crippen LogP contribution in [0.2, 0.25) is 5.02 Å². The zero-order valence-electron chi connectivity index (χ0n) is 34.1. The molecule has 1 aromatic carbocycles. The Morgan fingerprint density at radius 3 is 2.21 bits per heavy atom. The molecule has 6 rings (SSSR count). The number of carboxylic acids is 1. The standard InChI is InChI=1S/C45H66ClNO6/c1-27(2)36-30(48)23-45(33(49)26-47-25-28-11-13-29(46)14-12-28)22-21-44(10)42(8)19-15-31-40(5,6)34(53-35(50)24-39(3,4)38(51)52)17-18-41(31,7)32(42)16-20-43(44,9)37(36)45/h11-14,27,31-34,47,49H,15-26H2,1-10H3,(H,51,52)/t31-,32+,33-,34-,41-,42+,43+,44-,45-/m0/s1. The van der Waals surface area contributed by atoms with E-state index in [0.29, 0.717) is 36.4 Å². The molecular weight excluding hydrogens is 686 g/mol. The van der Waals surface area contributed by atoms with Crippen LogP contribution in [0.5, 0.6) is 0 Å². The van der Waals surface area contributed by atoms with E-state index in [4.69, 9.17) is 16.3 Å². The normalized spacial score (nSPS) is 38.4. The third kappa shape index (κ3) is 6.07. The van der Waals surface area contributed by atoms with E-state index in [2.05, 4.69) is 60.7 Å². The minimum absolute atomic E-state index is 0.0149. The number of carboxylic acid groups (broad SMARTS) is 1. The molecule has 0 aromatic heterocycles. The highest BCUT2D eigenvalue weighted by molar-refractivity contribution is 6.30. The van der Waals surface area contributed by atoms with Crippen molar-refractivity contribution in [1.82, 2.24) is 5.32 Å². The van der Waals surface area contributed by atoms with Gasteiger partial charge in [-0.05, 0) is 133 Å². The molecule has 0 saturated heterocycles. The third-order valence-electron chi connectivity index (χ3n) is 16.8. The second-order valence-corrected chi connectivity index (χ2v) is 20.9. The smallest absolute Gasteiger partial charge is 0.309 e. The average molecular weight is 752 g/mol. The molecule has 294 valence electrons. The summed E-state index contributed by atoms with van der Waals surface area (Å²) in [7, 11) is 0. The first kappa shape index (κ1) is 40.4. The van der Waals surface area contributed by atoms with Crippen LogP contribution in [0.25, 0.3) is 0 Å². The zero-order chi connectivity index (χ0) is 39.2. The van der Waals surface area contributed by atoms with Crippen molar-refractivity contribution in [1.29, 1.82) is 0 Å². The van der Waals surface area contributed by atoms with Gasteiger partial charge in [0.1, 0.15) is 6.10 Å². The van der Waals surface area contributed by atoms with Crippen LogP contribution in [-0.4, -0.2) is 46.7 Å². The van der Waals surface area contributed by atoms with Crippen molar-refractivity contribution in [2.75, 3.05) is 6.54 Å². The van der Waals surface area contributed by atoms with Crippen molar-refractivity contribution < 1.29 is 29.3 Å². The molecule has 3 N–H and O–H groups in total. The first-order valence-corrected chi connectivity index (χ1v) is 20.7. The van der Waals surface area contributed by atoms with Gasteiger partial charge in [-0.1, -0.05) is 79.1 Å². The molecule has 0 radical (unpaired) electrons. The summed E-state index contributed by atoms with van der Waals surface area (Å²) in [5.41, 5.74) is 1.11. The number of aliphatic hydroxyl groups excluding tert-OH is 1. The summed E-state index contributed by atoms with van der Waals surface area (Å²) in [5.74, 6) is -0.281. The molecule has 0 unspecified atom stereocenters. The Hall–Kier alpha value is -2.22. The number of allylic oxidation sites excluding steroid dienone is 1. The topological polar surface area (TPSA) is 113 Å². The van der Waals surface area contributed by atoms with Gasteiger partial charge in [0.2, 0.25) is 0 Å². The summed E-state index contributed by atoms with van der Waals surface area (Å²) in [4.78, 5) is 39.0. The molecule has 0 aliphatic heterocycles. The van der Waals surface area contributed by atoms with E-state index in [0.717, 1.165) is 62.5 Å². The summed E-state index contributed by atoms with van der Waals surface area (Å²) >= 11 is 6.12. The summed E-state index contributed by atoms with van der Waals surface area (Å²) in [6, 6.07) is 7.79. The number of Topliss-reactive ketones (excluding diaryl/α,β-unsaturated/α-hetero) is 1. The van der Waals surface area contributed by atoms with Gasteiger partial charge in [0, 0.05) is 35.4 Å². The van der Waals surface area contributed by atoms with Crippen LogP contribution >= 0.6 is 11.6 Å². The minimum atomic E-state index is -1.17. The van der Waals surface area contributed by atoms with Gasteiger partial charge in [-0.25, -0.2) is 0 Å². The van der Waals surface area contributed by atoms with Crippen molar-refractivity contribution in [3.8, 4) is 0 Å². The number of ether oxygens (including phenoxy) is 1. The van der Waals surface area contributed by atoms with Gasteiger partial charge in [0.25, 0.3) is 0 Å². The van der Waals surface area contributed by atoms with E-state index in [1.54, 1.807) is 13.8 Å². The molecule has 9 atom stereocenters. The number of carbonyl (C=O) groups is 3. The van der Waals surface area contributed by atoms with E-state index in [9.17, 15) is 24.6 Å². The Morgan fingerprint density at radius 2 is 1.58 bits per heavy atom. The molecule has 0 amide bonds. The first-order valence-electron chi connectivity index (χ1n) is 20.3. The Morgan fingerprint density at radius 1 is 0.943 bits per heavy atom. The molecule has 5 aliphatic rings. The molecule has 0 bridgehead atoms. The maximum Gasteiger partial charge on any atom is 0.309 e. The first-order chi connectivity index (χ1) is 24.5. The number of halogens is 1. The van der Waals surface area contributed by atoms with Crippen molar-refractivity contribution in [3.05, 3.63) is 46.0 Å². The van der Waals surface area contributed by atoms with Crippen LogP contribution in [0.4, 0.5) is 0 Å². The molecule has 4 fully saturated rings. The quantitative estimate of drug-likeness (QED) is 0.204. The lowest BCUT2D eigenvalue weighted by molar-refractivity contribution is -0.252. The Kier molecular flexibility index (Phi) is 10.3. The number of benzene rings is 1. The lowest BCUT2D eigenvalue weighted by Crippen LogP contribution is -2.69. The molecule has 7 nitrogen and oxygen atoms in total. The maximum atomic E-state index is 14.2. The summed E-state index contributed by atoms with van der Waals surface area (Å²) in [6.07, 6.45) is 6.99. The Balaban J connectivity index is 1.29. The summed E-state index contributed by atoms with van der Waals surface area (Å²) in [6.45, 7) is 23.1. The highest BCUT2D eigenvalue weighted by Crippen LogP contribution is 2.80. The second-order valence-electron chi connectivity index (χ2n) is 20.4. The molecular formula is C45H66ClNO6. The number of rotatable bonds is 10. The van der Waals surface area contributed by atoms with Gasteiger partial charge < -0.3 is 20.3 Å². The van der Waals surface area contributed by atoms with Gasteiger partial charge >= 0.3 is 11.9 Å². The largest absolute Gasteiger partial charge is 0.481 e. The monoisotopic (exact) mass is 751 g/mol. The highest BCUT2D eigenvalue weighted by Gasteiger charge is 2.74. The molecule has 53 heavy (non-hydrogen) atoms. The lowest BCUT2D eigenvalue weighted by atomic mass is 9.29.